The van der Waals surface area contributed by atoms with E-state index < -0.39 is 29.3 Å². The number of carbonyl (C=O) groups excluding carboxylic acids is 4. The number of thiol groups is 3. The highest BCUT2D eigenvalue weighted by Gasteiger charge is 2.38. The lowest BCUT2D eigenvalue weighted by Crippen LogP contribution is -2.44. The first kappa shape index (κ1) is 31.9. The van der Waals surface area contributed by atoms with Crippen LogP contribution in [0.4, 0.5) is 0 Å². The molecule has 0 N–H and O–H groups in total. The van der Waals surface area contributed by atoms with Crippen LogP contribution in [-0.4, -0.2) is 66.1 Å². The monoisotopic (exact) mass is 526 g/mol. The maximum Gasteiger partial charge on any atom is 0.306 e. The zero-order valence-electron chi connectivity index (χ0n) is 20.1. The number of hydrogen-bond donors (Lipinski definition) is 3. The molecule has 0 aliphatic heterocycles. The minimum absolute atomic E-state index is 0.0558. The highest BCUT2D eigenvalue weighted by atomic mass is 32.1. The molecule has 11 heteroatoms. The van der Waals surface area contributed by atoms with Crippen LogP contribution in [0.1, 0.15) is 60.3 Å². The lowest BCUT2D eigenvalue weighted by molar-refractivity contribution is -0.170. The molecule has 3 unspecified atom stereocenters. The van der Waals surface area contributed by atoms with Gasteiger partial charge < -0.3 is 18.9 Å². The van der Waals surface area contributed by atoms with Crippen molar-refractivity contribution < 1.29 is 38.1 Å². The molecule has 0 rings (SSSR count). The van der Waals surface area contributed by atoms with Crippen LogP contribution >= 0.6 is 37.9 Å². The summed E-state index contributed by atoms with van der Waals surface area (Å²) < 4.78 is 21.5. The highest BCUT2D eigenvalue weighted by molar-refractivity contribution is 7.81. The zero-order chi connectivity index (χ0) is 25.6. The minimum atomic E-state index is -1.27. The molecule has 0 bridgehead atoms. The summed E-state index contributed by atoms with van der Waals surface area (Å²) in [5.74, 6) is -1.97. The molecule has 33 heavy (non-hydrogen) atoms. The van der Waals surface area contributed by atoms with E-state index in [1.165, 1.54) is 0 Å². The third-order valence-electron chi connectivity index (χ3n) is 4.12. The molecule has 0 aliphatic carbocycles. The van der Waals surface area contributed by atoms with Crippen LogP contribution in [0.3, 0.4) is 0 Å². The lowest BCUT2D eigenvalue weighted by Gasteiger charge is -2.32. The van der Waals surface area contributed by atoms with Gasteiger partial charge in [0.25, 0.3) is 0 Å². The van der Waals surface area contributed by atoms with E-state index in [9.17, 15) is 19.2 Å². The van der Waals surface area contributed by atoms with Crippen LogP contribution in [0.15, 0.2) is 0 Å². The molecule has 0 saturated carbocycles. The van der Waals surface area contributed by atoms with Gasteiger partial charge in [0.15, 0.2) is 0 Å². The van der Waals surface area contributed by atoms with Gasteiger partial charge in [0.1, 0.15) is 31.8 Å². The van der Waals surface area contributed by atoms with Crippen LogP contribution in [-0.2, 0) is 38.1 Å². The molecule has 0 aromatic heterocycles. The van der Waals surface area contributed by atoms with Gasteiger partial charge in [0.2, 0.25) is 0 Å². The average Bonchev–Trinajstić information content (AvgIpc) is 2.64. The summed E-state index contributed by atoms with van der Waals surface area (Å²) in [6, 6.07) is 0. The molecule has 0 aromatic carbocycles. The molecular formula is C22H38O8S3. The first-order valence-corrected chi connectivity index (χ1v) is 12.5. The molecule has 3 atom stereocenters. The predicted molar refractivity (Wildman–Crippen MR) is 135 cm³/mol. The minimum Gasteiger partial charge on any atom is -0.465 e. The Bertz CT molecular complexity index is 526. The normalized spacial score (nSPS) is 15.7. The lowest BCUT2D eigenvalue weighted by atomic mass is 9.92. The number of hydrogen-bond acceptors (Lipinski definition) is 11. The Morgan fingerprint density at radius 2 is 0.788 bits per heavy atom. The fraction of sp³-hybridized carbons (Fsp3) is 0.818. The van der Waals surface area contributed by atoms with Crippen LogP contribution in [0.2, 0.25) is 0 Å². The molecule has 0 aliphatic rings. The van der Waals surface area contributed by atoms with Gasteiger partial charge >= 0.3 is 23.9 Å². The van der Waals surface area contributed by atoms with Crippen molar-refractivity contribution in [1.82, 2.24) is 0 Å². The average molecular weight is 527 g/mol. The molecule has 0 saturated heterocycles. The topological polar surface area (TPSA) is 105 Å². The standard InChI is InChI=1S/C22H38O8S3/c1-14(2)6-18(23)27-10-22(11-28-19(24)7-15(3)31,12-29-20(25)8-16(4)32)13-30-21(26)9-17(5)33/h14-17,31-33H,6-13H2,1-5H3. The Morgan fingerprint density at radius 1 is 0.545 bits per heavy atom. The predicted octanol–water partition coefficient (Wildman–Crippen LogP) is 3.32. The zero-order valence-corrected chi connectivity index (χ0v) is 22.8. The second-order valence-electron chi connectivity index (χ2n) is 8.90. The summed E-state index contributed by atoms with van der Waals surface area (Å²) in [6.45, 7) is 7.85. The van der Waals surface area contributed by atoms with Crippen LogP contribution in [0.25, 0.3) is 0 Å². The van der Waals surface area contributed by atoms with E-state index in [1.54, 1.807) is 20.8 Å². The quantitative estimate of drug-likeness (QED) is 0.160. The molecular weight excluding hydrogens is 488 g/mol. The smallest absolute Gasteiger partial charge is 0.306 e. The SMILES string of the molecule is CC(C)CC(=O)OCC(COC(=O)CC(C)S)(COC(=O)CC(C)S)COC(=O)CC(C)S. The Labute approximate surface area is 213 Å². The van der Waals surface area contributed by atoms with Gasteiger partial charge in [-0.2, -0.15) is 37.9 Å². The van der Waals surface area contributed by atoms with E-state index in [2.05, 4.69) is 37.9 Å². The largest absolute Gasteiger partial charge is 0.465 e. The van der Waals surface area contributed by atoms with Crippen molar-refractivity contribution in [1.29, 1.82) is 0 Å². The van der Waals surface area contributed by atoms with Crippen molar-refractivity contribution >= 4 is 61.8 Å². The third-order valence-corrected chi connectivity index (χ3v) is 4.67. The molecule has 0 spiro atoms. The second-order valence-corrected chi connectivity index (χ2v) is 11.5. The number of ether oxygens (including phenoxy) is 4. The summed E-state index contributed by atoms with van der Waals surface area (Å²) >= 11 is 12.5. The Hall–Kier alpha value is -1.07. The number of rotatable bonds is 16. The Morgan fingerprint density at radius 3 is 1.00 bits per heavy atom. The maximum atomic E-state index is 12.2. The van der Waals surface area contributed by atoms with E-state index in [4.69, 9.17) is 18.9 Å². The van der Waals surface area contributed by atoms with Crippen molar-refractivity contribution in [2.45, 2.75) is 76.1 Å². The number of esters is 4. The molecule has 0 aromatic rings. The van der Waals surface area contributed by atoms with E-state index in [-0.39, 0.29) is 73.8 Å². The van der Waals surface area contributed by atoms with Crippen LogP contribution in [0.5, 0.6) is 0 Å². The molecule has 8 nitrogen and oxygen atoms in total. The van der Waals surface area contributed by atoms with Crippen molar-refractivity contribution in [3.05, 3.63) is 0 Å². The molecule has 0 fully saturated rings. The van der Waals surface area contributed by atoms with E-state index in [0.717, 1.165) is 0 Å². The van der Waals surface area contributed by atoms with Crippen LogP contribution in [0, 0.1) is 11.3 Å². The van der Waals surface area contributed by atoms with Gasteiger partial charge in [-0.25, -0.2) is 0 Å². The van der Waals surface area contributed by atoms with Gasteiger partial charge in [-0.1, -0.05) is 34.6 Å². The summed E-state index contributed by atoms with van der Waals surface area (Å²) in [5, 5.41) is -0.666. The van der Waals surface area contributed by atoms with Crippen LogP contribution < -0.4 is 0 Å². The van der Waals surface area contributed by atoms with Crippen molar-refractivity contribution in [2.24, 2.45) is 11.3 Å². The molecule has 0 heterocycles. The molecule has 192 valence electrons. The summed E-state index contributed by atoms with van der Waals surface area (Å²) in [4.78, 5) is 48.6. The maximum absolute atomic E-state index is 12.2. The molecule has 0 amide bonds. The Balaban J connectivity index is 5.59. The highest BCUT2D eigenvalue weighted by Crippen LogP contribution is 2.23. The molecule has 0 radical (unpaired) electrons. The van der Waals surface area contributed by atoms with Crippen molar-refractivity contribution in [3.63, 3.8) is 0 Å². The van der Waals surface area contributed by atoms with Crippen molar-refractivity contribution in [3.8, 4) is 0 Å². The summed E-state index contributed by atoms with van der Waals surface area (Å²) in [5.41, 5.74) is -1.27. The van der Waals surface area contributed by atoms with Gasteiger partial charge in [0.05, 0.1) is 19.3 Å². The van der Waals surface area contributed by atoms with E-state index >= 15 is 0 Å². The van der Waals surface area contributed by atoms with E-state index in [1.807, 2.05) is 13.8 Å². The fourth-order valence-electron chi connectivity index (χ4n) is 2.48. The number of carbonyl (C=O) groups is 4. The van der Waals surface area contributed by atoms with Gasteiger partial charge in [-0.15, -0.1) is 0 Å². The van der Waals surface area contributed by atoms with E-state index in [0.29, 0.717) is 0 Å². The Kier molecular flexibility index (Phi) is 16.0. The second kappa shape index (κ2) is 16.5. The summed E-state index contributed by atoms with van der Waals surface area (Å²) in [7, 11) is 0. The third kappa shape index (κ3) is 17.1. The summed E-state index contributed by atoms with van der Waals surface area (Å²) in [6.07, 6.45) is 0.349. The first-order valence-electron chi connectivity index (χ1n) is 10.9. The van der Waals surface area contributed by atoms with Gasteiger partial charge in [0, 0.05) is 22.2 Å². The van der Waals surface area contributed by atoms with Gasteiger partial charge in [-0.3, -0.25) is 19.2 Å². The fourth-order valence-corrected chi connectivity index (χ4v) is 2.92. The first-order chi connectivity index (χ1) is 15.2. The van der Waals surface area contributed by atoms with Gasteiger partial charge in [-0.05, 0) is 5.92 Å². The van der Waals surface area contributed by atoms with Crippen molar-refractivity contribution in [2.75, 3.05) is 26.4 Å².